The fraction of sp³-hybridized carbons (Fsp3) is 0.227. The van der Waals surface area contributed by atoms with E-state index in [9.17, 15) is 14.9 Å². The molecule has 1 unspecified atom stereocenters. The van der Waals surface area contributed by atoms with Crippen LogP contribution in [0.15, 0.2) is 53.3 Å². The molecule has 10 heteroatoms. The van der Waals surface area contributed by atoms with E-state index in [0.29, 0.717) is 34.3 Å². The van der Waals surface area contributed by atoms with Crippen molar-refractivity contribution < 1.29 is 14.7 Å². The molecule has 1 aliphatic rings. The second kappa shape index (κ2) is 10.5. The molecule has 2 aromatic rings. The van der Waals surface area contributed by atoms with Crippen LogP contribution in [0.2, 0.25) is 0 Å². The van der Waals surface area contributed by atoms with Crippen molar-refractivity contribution in [3.05, 3.63) is 53.8 Å². The van der Waals surface area contributed by atoms with Gasteiger partial charge in [0.2, 0.25) is 5.91 Å². The number of carboxylic acid groups (broad SMARTS) is 1. The highest BCUT2D eigenvalue weighted by Crippen LogP contribution is 2.29. The molecule has 32 heavy (non-hydrogen) atoms. The Hall–Kier alpha value is -3.84. The van der Waals surface area contributed by atoms with E-state index in [0.717, 1.165) is 5.70 Å². The number of nitrogens with one attached hydrogen (secondary N) is 2. The summed E-state index contributed by atoms with van der Waals surface area (Å²) in [4.78, 5) is 30.8. The Morgan fingerprint density at radius 2 is 2.06 bits per heavy atom. The maximum atomic E-state index is 11.2. The quantitative estimate of drug-likeness (QED) is 0.351. The molecule has 3 rings (SSSR count). The first kappa shape index (κ1) is 22.8. The molecule has 164 valence electrons. The molecule has 9 nitrogen and oxygen atoms in total. The fourth-order valence-electron chi connectivity index (χ4n) is 3.07. The van der Waals surface area contributed by atoms with Crippen LogP contribution in [-0.2, 0) is 9.59 Å². The number of amides is 1. The molecule has 1 aromatic carbocycles. The van der Waals surface area contributed by atoms with E-state index in [4.69, 9.17) is 10.8 Å². The first-order valence-corrected chi connectivity index (χ1v) is 10.8. The van der Waals surface area contributed by atoms with Crippen LogP contribution in [0.1, 0.15) is 25.3 Å². The number of nitrogen functional groups attached to an aromatic ring is 1. The Morgan fingerprint density at radius 1 is 1.31 bits per heavy atom. The zero-order chi connectivity index (χ0) is 23.1. The van der Waals surface area contributed by atoms with Gasteiger partial charge in [0, 0.05) is 42.1 Å². The third-order valence-corrected chi connectivity index (χ3v) is 5.44. The van der Waals surface area contributed by atoms with Gasteiger partial charge in [0.1, 0.15) is 17.5 Å². The number of nitriles is 1. The van der Waals surface area contributed by atoms with Crippen LogP contribution in [0.4, 0.5) is 11.5 Å². The van der Waals surface area contributed by atoms with Crippen molar-refractivity contribution in [1.82, 2.24) is 15.3 Å². The van der Waals surface area contributed by atoms with Crippen molar-refractivity contribution in [3.63, 3.8) is 0 Å². The van der Waals surface area contributed by atoms with Gasteiger partial charge < -0.3 is 21.5 Å². The summed E-state index contributed by atoms with van der Waals surface area (Å²) in [5.41, 5.74) is 8.86. The molecular weight excluding hydrogens is 428 g/mol. The Kier molecular flexibility index (Phi) is 7.46. The number of benzene rings is 1. The molecule has 0 spiro atoms. The van der Waals surface area contributed by atoms with E-state index in [-0.39, 0.29) is 29.8 Å². The minimum absolute atomic E-state index is 0.0451. The van der Waals surface area contributed by atoms with E-state index >= 15 is 0 Å². The minimum Gasteiger partial charge on any atom is -0.481 e. The lowest BCUT2D eigenvalue weighted by Crippen LogP contribution is -2.30. The highest BCUT2D eigenvalue weighted by molar-refractivity contribution is 7.99. The smallest absolute Gasteiger partial charge is 0.303 e. The number of thioether (sulfide) groups is 1. The number of aliphatic carboxylic acids is 1. The number of allylic oxidation sites excluding steroid dienone is 2. The first-order chi connectivity index (χ1) is 15.4. The van der Waals surface area contributed by atoms with E-state index in [1.165, 1.54) is 18.7 Å². The highest BCUT2D eigenvalue weighted by atomic mass is 32.2. The number of aromatic nitrogens is 2. The molecule has 2 heterocycles. The number of nitrogens with zero attached hydrogens (tertiary/aromatic N) is 3. The van der Waals surface area contributed by atoms with Gasteiger partial charge in [-0.2, -0.15) is 5.26 Å². The summed E-state index contributed by atoms with van der Waals surface area (Å²) in [6.45, 7) is 1.43. The lowest BCUT2D eigenvalue weighted by molar-refractivity contribution is -0.137. The normalized spacial score (nSPS) is 14.8. The monoisotopic (exact) mass is 450 g/mol. The van der Waals surface area contributed by atoms with Crippen LogP contribution in [0.5, 0.6) is 0 Å². The Morgan fingerprint density at radius 3 is 2.72 bits per heavy atom. The van der Waals surface area contributed by atoms with E-state index < -0.39 is 5.97 Å². The van der Waals surface area contributed by atoms with Crippen molar-refractivity contribution in [2.24, 2.45) is 0 Å². The molecule has 0 saturated carbocycles. The summed E-state index contributed by atoms with van der Waals surface area (Å²) < 4.78 is 0. The van der Waals surface area contributed by atoms with Crippen molar-refractivity contribution in [2.75, 3.05) is 16.8 Å². The van der Waals surface area contributed by atoms with Gasteiger partial charge in [-0.05, 0) is 24.6 Å². The van der Waals surface area contributed by atoms with Gasteiger partial charge in [0.05, 0.1) is 5.69 Å². The number of rotatable bonds is 8. The van der Waals surface area contributed by atoms with Crippen LogP contribution >= 0.6 is 11.8 Å². The third kappa shape index (κ3) is 6.09. The Balaban J connectivity index is 1.75. The summed E-state index contributed by atoms with van der Waals surface area (Å²) in [6.07, 6.45) is 6.32. The molecule has 0 bridgehead atoms. The number of carboxylic acids is 1. The topological polar surface area (TPSA) is 154 Å². The molecule has 1 amide bonds. The zero-order valence-electron chi connectivity index (χ0n) is 17.3. The number of dihydropyridines is 1. The summed E-state index contributed by atoms with van der Waals surface area (Å²) in [6, 6.07) is 8.98. The number of hydrogen-bond donors (Lipinski definition) is 4. The van der Waals surface area contributed by atoms with Gasteiger partial charge in [0.25, 0.3) is 0 Å². The number of anilines is 2. The van der Waals surface area contributed by atoms with Crippen molar-refractivity contribution >= 4 is 35.1 Å². The second-order valence-electron chi connectivity index (χ2n) is 7.03. The molecule has 0 saturated heterocycles. The predicted octanol–water partition coefficient (Wildman–Crippen LogP) is 2.92. The summed E-state index contributed by atoms with van der Waals surface area (Å²) >= 11 is 1.36. The van der Waals surface area contributed by atoms with Crippen molar-refractivity contribution in [3.8, 4) is 17.3 Å². The first-order valence-electron chi connectivity index (χ1n) is 9.80. The van der Waals surface area contributed by atoms with Crippen molar-refractivity contribution in [2.45, 2.75) is 31.0 Å². The summed E-state index contributed by atoms with van der Waals surface area (Å²) in [5, 5.41) is 24.8. The number of carbonyl (C=O) groups is 2. The number of carbonyl (C=O) groups excluding carboxylic acids is 1. The Bertz CT molecular complexity index is 1120. The molecule has 0 radical (unpaired) electrons. The van der Waals surface area contributed by atoms with Gasteiger partial charge in [-0.1, -0.05) is 36.0 Å². The molecular formula is C22H22N6O3S. The summed E-state index contributed by atoms with van der Waals surface area (Å²) in [7, 11) is 0. The average molecular weight is 451 g/mol. The third-order valence-electron chi connectivity index (χ3n) is 4.54. The van der Waals surface area contributed by atoms with Crippen LogP contribution < -0.4 is 16.4 Å². The SMILES string of the molecule is CC(=O)Nc1ccc(-c2nc(SCC3=CC=CC(CCC(=O)O)N3)nc(N)c2C#N)cc1. The maximum absolute atomic E-state index is 11.2. The molecule has 1 aliphatic heterocycles. The fourth-order valence-corrected chi connectivity index (χ4v) is 3.86. The van der Waals surface area contributed by atoms with Gasteiger partial charge in [-0.3, -0.25) is 9.59 Å². The maximum Gasteiger partial charge on any atom is 0.303 e. The molecule has 5 N–H and O–H groups in total. The molecule has 1 atom stereocenters. The van der Waals surface area contributed by atoms with Crippen LogP contribution in [-0.4, -0.2) is 38.7 Å². The predicted molar refractivity (Wildman–Crippen MR) is 123 cm³/mol. The van der Waals surface area contributed by atoms with Gasteiger partial charge >= 0.3 is 5.97 Å². The van der Waals surface area contributed by atoms with E-state index in [1.807, 2.05) is 18.2 Å². The molecule has 1 aromatic heterocycles. The number of hydrogen-bond acceptors (Lipinski definition) is 8. The highest BCUT2D eigenvalue weighted by Gasteiger charge is 2.16. The standard InChI is InChI=1S/C22H22N6O3S/c1-13(29)25-16-7-5-14(6-8-16)20-18(11-23)21(24)28-22(27-20)32-12-17-4-2-3-15(26-17)9-10-19(30)31/h2-8,15,26H,9-10,12H2,1H3,(H,25,29)(H,30,31)(H2,24,27,28). The van der Waals surface area contributed by atoms with Crippen LogP contribution in [0.3, 0.4) is 0 Å². The van der Waals surface area contributed by atoms with Gasteiger partial charge in [-0.25, -0.2) is 9.97 Å². The van der Waals surface area contributed by atoms with E-state index in [1.54, 1.807) is 24.3 Å². The van der Waals surface area contributed by atoms with Crippen molar-refractivity contribution in [1.29, 1.82) is 5.26 Å². The largest absolute Gasteiger partial charge is 0.481 e. The number of nitrogens with two attached hydrogens (primary N) is 1. The molecule has 0 fully saturated rings. The lowest BCUT2D eigenvalue weighted by Gasteiger charge is -2.21. The van der Waals surface area contributed by atoms with Gasteiger partial charge in [0.15, 0.2) is 5.16 Å². The van der Waals surface area contributed by atoms with Crippen LogP contribution in [0, 0.1) is 11.3 Å². The van der Waals surface area contributed by atoms with Crippen LogP contribution in [0.25, 0.3) is 11.3 Å². The lowest BCUT2D eigenvalue weighted by atomic mass is 10.1. The summed E-state index contributed by atoms with van der Waals surface area (Å²) in [5.74, 6) is -0.383. The van der Waals surface area contributed by atoms with Gasteiger partial charge in [-0.15, -0.1) is 0 Å². The minimum atomic E-state index is -0.829. The van der Waals surface area contributed by atoms with E-state index in [2.05, 4.69) is 26.7 Å². The molecule has 0 aliphatic carbocycles. The average Bonchev–Trinajstić information content (AvgIpc) is 2.76. The second-order valence-corrected chi connectivity index (χ2v) is 7.98. The Labute approximate surface area is 189 Å². The zero-order valence-corrected chi connectivity index (χ0v) is 18.1.